The first-order valence-electron chi connectivity index (χ1n) is 5.99. The molecule has 0 spiro atoms. The Kier molecular flexibility index (Phi) is 4.56. The van der Waals surface area contributed by atoms with E-state index in [1.54, 1.807) is 7.11 Å². The molecule has 1 aliphatic carbocycles. The second kappa shape index (κ2) is 5.28. The van der Waals surface area contributed by atoms with Crippen molar-refractivity contribution in [1.82, 2.24) is 4.90 Å². The van der Waals surface area contributed by atoms with Crippen molar-refractivity contribution in [1.29, 1.82) is 0 Å². The first kappa shape index (κ1) is 12.9. The molecule has 0 aromatic rings. The molecule has 1 fully saturated rings. The summed E-state index contributed by atoms with van der Waals surface area (Å²) < 4.78 is 5.13. The molecule has 3 heteroatoms. The van der Waals surface area contributed by atoms with E-state index in [0.717, 1.165) is 25.6 Å². The van der Waals surface area contributed by atoms with Crippen molar-refractivity contribution in [2.24, 2.45) is 11.7 Å². The predicted molar refractivity (Wildman–Crippen MR) is 63.9 cm³/mol. The lowest BCUT2D eigenvalue weighted by atomic mass is 9.96. The van der Waals surface area contributed by atoms with Crippen LogP contribution in [0.2, 0.25) is 0 Å². The van der Waals surface area contributed by atoms with Gasteiger partial charge in [0.1, 0.15) is 0 Å². The quantitative estimate of drug-likeness (QED) is 0.697. The van der Waals surface area contributed by atoms with Crippen LogP contribution in [0.15, 0.2) is 0 Å². The van der Waals surface area contributed by atoms with Crippen LogP contribution in [-0.2, 0) is 4.74 Å². The van der Waals surface area contributed by atoms with Crippen LogP contribution in [0.25, 0.3) is 0 Å². The molecule has 1 saturated carbocycles. The molecule has 1 rings (SSSR count). The van der Waals surface area contributed by atoms with Gasteiger partial charge in [0, 0.05) is 31.8 Å². The molecular weight excluding hydrogens is 188 g/mol. The van der Waals surface area contributed by atoms with Crippen molar-refractivity contribution >= 4 is 0 Å². The normalized spacial score (nSPS) is 21.0. The third-order valence-electron chi connectivity index (χ3n) is 3.37. The number of nitrogens with zero attached hydrogens (tertiary/aromatic N) is 1. The minimum atomic E-state index is -0.0159. The van der Waals surface area contributed by atoms with Gasteiger partial charge >= 0.3 is 0 Å². The van der Waals surface area contributed by atoms with E-state index in [9.17, 15) is 0 Å². The zero-order chi connectivity index (χ0) is 11.5. The van der Waals surface area contributed by atoms with Crippen molar-refractivity contribution < 1.29 is 4.74 Å². The Morgan fingerprint density at radius 2 is 2.07 bits per heavy atom. The molecule has 0 heterocycles. The minimum Gasteiger partial charge on any atom is -0.383 e. The van der Waals surface area contributed by atoms with Crippen molar-refractivity contribution in [3.05, 3.63) is 0 Å². The molecule has 1 aliphatic rings. The van der Waals surface area contributed by atoms with Gasteiger partial charge in [-0.1, -0.05) is 0 Å². The molecule has 0 aromatic carbocycles. The lowest BCUT2D eigenvalue weighted by molar-refractivity contribution is 0.108. The van der Waals surface area contributed by atoms with E-state index in [0.29, 0.717) is 6.04 Å². The number of ether oxygens (including phenoxy) is 1. The van der Waals surface area contributed by atoms with Gasteiger partial charge in [-0.15, -0.1) is 0 Å². The number of rotatable bonds is 7. The van der Waals surface area contributed by atoms with Crippen LogP contribution >= 0.6 is 0 Å². The van der Waals surface area contributed by atoms with Gasteiger partial charge in [0.2, 0.25) is 0 Å². The summed E-state index contributed by atoms with van der Waals surface area (Å²) in [6.45, 7) is 9.38. The van der Waals surface area contributed by atoms with Crippen LogP contribution < -0.4 is 5.73 Å². The highest BCUT2D eigenvalue weighted by molar-refractivity contribution is 4.97. The Labute approximate surface area is 94.0 Å². The van der Waals surface area contributed by atoms with Gasteiger partial charge in [0.25, 0.3) is 0 Å². The maximum Gasteiger partial charge on any atom is 0.0589 e. The molecule has 0 bridgehead atoms. The van der Waals surface area contributed by atoms with Crippen LogP contribution in [-0.4, -0.2) is 43.3 Å². The van der Waals surface area contributed by atoms with Gasteiger partial charge in [-0.25, -0.2) is 0 Å². The molecule has 0 aliphatic heterocycles. The maximum absolute atomic E-state index is 6.35. The summed E-state index contributed by atoms with van der Waals surface area (Å²) in [5, 5.41) is 0. The molecular formula is C12H26N2O. The average Bonchev–Trinajstić information content (AvgIpc) is 2.94. The summed E-state index contributed by atoms with van der Waals surface area (Å²) in [7, 11) is 1.75. The first-order valence-corrected chi connectivity index (χ1v) is 5.99. The van der Waals surface area contributed by atoms with Crippen LogP contribution in [0, 0.1) is 5.92 Å². The van der Waals surface area contributed by atoms with Gasteiger partial charge in [0.15, 0.2) is 0 Å². The summed E-state index contributed by atoms with van der Waals surface area (Å²) in [6, 6.07) is 0.543. The maximum atomic E-state index is 6.35. The van der Waals surface area contributed by atoms with Crippen LogP contribution in [0.3, 0.4) is 0 Å². The lowest BCUT2D eigenvalue weighted by Crippen LogP contribution is -2.52. The monoisotopic (exact) mass is 214 g/mol. The molecule has 90 valence electrons. The van der Waals surface area contributed by atoms with Gasteiger partial charge in [-0.05, 0) is 39.5 Å². The molecule has 3 nitrogen and oxygen atoms in total. The van der Waals surface area contributed by atoms with E-state index < -0.39 is 0 Å². The number of nitrogens with two attached hydrogens (primary N) is 1. The number of hydrogen-bond donors (Lipinski definition) is 1. The van der Waals surface area contributed by atoms with E-state index in [1.165, 1.54) is 12.8 Å². The highest BCUT2D eigenvalue weighted by Crippen LogP contribution is 2.38. The van der Waals surface area contributed by atoms with E-state index in [1.807, 2.05) is 0 Å². The standard InChI is InChI=1S/C12H26N2O/c1-10(2)14(7-8-15-4)9-12(3,13)11-5-6-11/h10-11H,5-9,13H2,1-4H3. The molecule has 0 radical (unpaired) electrons. The van der Waals surface area contributed by atoms with Gasteiger partial charge < -0.3 is 10.5 Å². The van der Waals surface area contributed by atoms with Crippen molar-refractivity contribution in [2.45, 2.75) is 45.2 Å². The summed E-state index contributed by atoms with van der Waals surface area (Å²) in [4.78, 5) is 2.42. The Morgan fingerprint density at radius 1 is 1.47 bits per heavy atom. The predicted octanol–water partition coefficient (Wildman–Crippen LogP) is 1.47. The van der Waals surface area contributed by atoms with Crippen molar-refractivity contribution in [3.8, 4) is 0 Å². The molecule has 0 amide bonds. The van der Waals surface area contributed by atoms with Crippen LogP contribution in [0.1, 0.15) is 33.6 Å². The van der Waals surface area contributed by atoms with Crippen molar-refractivity contribution in [3.63, 3.8) is 0 Å². The lowest BCUT2D eigenvalue weighted by Gasteiger charge is -2.35. The first-order chi connectivity index (χ1) is 6.97. The molecule has 0 saturated heterocycles. The van der Waals surface area contributed by atoms with Crippen LogP contribution in [0.5, 0.6) is 0 Å². The SMILES string of the molecule is COCCN(CC(C)(N)C1CC1)C(C)C. The Morgan fingerprint density at radius 3 is 2.47 bits per heavy atom. The number of methoxy groups -OCH3 is 1. The Bertz CT molecular complexity index is 188. The average molecular weight is 214 g/mol. The Hall–Kier alpha value is -0.120. The van der Waals surface area contributed by atoms with E-state index in [4.69, 9.17) is 10.5 Å². The molecule has 0 aromatic heterocycles. The zero-order valence-corrected chi connectivity index (χ0v) is 10.6. The van der Waals surface area contributed by atoms with Gasteiger partial charge in [0.05, 0.1) is 6.61 Å². The number of hydrogen-bond acceptors (Lipinski definition) is 3. The second-order valence-electron chi connectivity index (χ2n) is 5.34. The van der Waals surface area contributed by atoms with E-state index >= 15 is 0 Å². The van der Waals surface area contributed by atoms with Crippen molar-refractivity contribution in [2.75, 3.05) is 26.8 Å². The second-order valence-corrected chi connectivity index (χ2v) is 5.34. The van der Waals surface area contributed by atoms with Gasteiger partial charge in [-0.2, -0.15) is 0 Å². The molecule has 15 heavy (non-hydrogen) atoms. The summed E-state index contributed by atoms with van der Waals surface area (Å²) >= 11 is 0. The molecule has 1 atom stereocenters. The summed E-state index contributed by atoms with van der Waals surface area (Å²) in [6.07, 6.45) is 2.62. The minimum absolute atomic E-state index is 0.0159. The zero-order valence-electron chi connectivity index (χ0n) is 10.6. The molecule has 1 unspecified atom stereocenters. The fraction of sp³-hybridized carbons (Fsp3) is 1.00. The largest absolute Gasteiger partial charge is 0.383 e. The fourth-order valence-electron chi connectivity index (χ4n) is 2.04. The summed E-state index contributed by atoms with van der Waals surface area (Å²) in [5.41, 5.74) is 6.33. The van der Waals surface area contributed by atoms with E-state index in [-0.39, 0.29) is 5.54 Å². The highest BCUT2D eigenvalue weighted by atomic mass is 16.5. The summed E-state index contributed by atoms with van der Waals surface area (Å²) in [5.74, 6) is 0.737. The highest BCUT2D eigenvalue weighted by Gasteiger charge is 2.39. The topological polar surface area (TPSA) is 38.5 Å². The third-order valence-corrected chi connectivity index (χ3v) is 3.37. The smallest absolute Gasteiger partial charge is 0.0589 e. The van der Waals surface area contributed by atoms with E-state index in [2.05, 4.69) is 25.7 Å². The third kappa shape index (κ3) is 4.09. The Balaban J connectivity index is 2.41. The van der Waals surface area contributed by atoms with Crippen LogP contribution in [0.4, 0.5) is 0 Å². The fourth-order valence-corrected chi connectivity index (χ4v) is 2.04. The van der Waals surface area contributed by atoms with Gasteiger partial charge in [-0.3, -0.25) is 4.90 Å². The molecule has 2 N–H and O–H groups in total.